The smallest absolute Gasteiger partial charge is 0.306 e. The van der Waals surface area contributed by atoms with Crippen molar-refractivity contribution in [2.75, 3.05) is 6.61 Å². The van der Waals surface area contributed by atoms with E-state index in [4.69, 9.17) is 4.74 Å². The Balaban J connectivity index is 3.44. The molecule has 84 valence electrons. The van der Waals surface area contributed by atoms with Gasteiger partial charge in [0.1, 0.15) is 0 Å². The third kappa shape index (κ3) is 8.09. The van der Waals surface area contributed by atoms with E-state index in [0.29, 0.717) is 18.9 Å². The molecule has 0 aliphatic heterocycles. The molecule has 2 heteroatoms. The number of carbonyl (C=O) groups excluding carboxylic acids is 1. The summed E-state index contributed by atoms with van der Waals surface area (Å²) in [6, 6.07) is 0. The van der Waals surface area contributed by atoms with Gasteiger partial charge in [-0.3, -0.25) is 4.79 Å². The van der Waals surface area contributed by atoms with E-state index in [2.05, 4.69) is 20.8 Å². The highest BCUT2D eigenvalue weighted by Crippen LogP contribution is 2.15. The van der Waals surface area contributed by atoms with Gasteiger partial charge in [-0.2, -0.15) is 0 Å². The van der Waals surface area contributed by atoms with E-state index in [0.717, 1.165) is 12.3 Å². The normalized spacial score (nSPS) is 12.9. The lowest BCUT2D eigenvalue weighted by atomic mass is 9.97. The molecule has 0 saturated carbocycles. The van der Waals surface area contributed by atoms with E-state index in [1.54, 1.807) is 0 Å². The molecule has 0 radical (unpaired) electrons. The molecule has 0 heterocycles. The molecule has 0 bridgehead atoms. The molecule has 14 heavy (non-hydrogen) atoms. The van der Waals surface area contributed by atoms with Gasteiger partial charge in [0, 0.05) is 6.42 Å². The number of ether oxygens (including phenoxy) is 1. The van der Waals surface area contributed by atoms with E-state index in [1.165, 1.54) is 12.8 Å². The summed E-state index contributed by atoms with van der Waals surface area (Å²) in [6.07, 6.45) is 4.19. The molecule has 0 spiro atoms. The lowest BCUT2D eigenvalue weighted by Crippen LogP contribution is -2.09. The highest BCUT2D eigenvalue weighted by Gasteiger charge is 2.09. The number of hydrogen-bond donors (Lipinski definition) is 0. The van der Waals surface area contributed by atoms with Gasteiger partial charge in [0.25, 0.3) is 0 Å². The van der Waals surface area contributed by atoms with Gasteiger partial charge in [-0.1, -0.05) is 40.0 Å². The van der Waals surface area contributed by atoms with E-state index in [1.807, 2.05) is 6.92 Å². The van der Waals surface area contributed by atoms with Gasteiger partial charge in [0.2, 0.25) is 0 Å². The Morgan fingerprint density at radius 1 is 1.21 bits per heavy atom. The Morgan fingerprint density at radius 2 is 1.86 bits per heavy atom. The van der Waals surface area contributed by atoms with E-state index < -0.39 is 0 Å². The molecule has 2 nitrogen and oxygen atoms in total. The van der Waals surface area contributed by atoms with Crippen molar-refractivity contribution in [2.45, 2.75) is 53.4 Å². The van der Waals surface area contributed by atoms with Crippen molar-refractivity contribution in [3.05, 3.63) is 0 Å². The number of esters is 1. The Kier molecular flexibility index (Phi) is 7.54. The van der Waals surface area contributed by atoms with Crippen LogP contribution in [0.1, 0.15) is 53.4 Å². The van der Waals surface area contributed by atoms with Crippen LogP contribution in [0, 0.1) is 11.8 Å². The molecule has 0 rings (SSSR count). The molecule has 0 fully saturated rings. The topological polar surface area (TPSA) is 26.3 Å². The molecule has 0 saturated heterocycles. The number of hydrogen-bond acceptors (Lipinski definition) is 2. The minimum atomic E-state index is -0.0513. The monoisotopic (exact) mass is 200 g/mol. The minimum absolute atomic E-state index is 0.0513. The molecule has 0 aromatic carbocycles. The summed E-state index contributed by atoms with van der Waals surface area (Å²) in [5.74, 6) is 1.18. The zero-order valence-electron chi connectivity index (χ0n) is 10.0. The largest absolute Gasteiger partial charge is 0.466 e. The van der Waals surface area contributed by atoms with Crippen molar-refractivity contribution in [1.29, 1.82) is 0 Å². The maximum Gasteiger partial charge on any atom is 0.306 e. The molecule has 0 aromatic heterocycles. The van der Waals surface area contributed by atoms with E-state index >= 15 is 0 Å². The first-order valence-electron chi connectivity index (χ1n) is 5.71. The van der Waals surface area contributed by atoms with Crippen molar-refractivity contribution in [2.24, 2.45) is 11.8 Å². The van der Waals surface area contributed by atoms with Crippen LogP contribution in [0.25, 0.3) is 0 Å². The maximum absolute atomic E-state index is 11.1. The van der Waals surface area contributed by atoms with Gasteiger partial charge >= 0.3 is 5.97 Å². The fourth-order valence-electron chi connectivity index (χ4n) is 1.48. The van der Waals surface area contributed by atoms with Crippen molar-refractivity contribution in [3.63, 3.8) is 0 Å². The molecule has 0 aromatic rings. The van der Waals surface area contributed by atoms with Crippen molar-refractivity contribution in [1.82, 2.24) is 0 Å². The minimum Gasteiger partial charge on any atom is -0.466 e. The average Bonchev–Trinajstić information content (AvgIpc) is 2.03. The molecule has 1 atom stereocenters. The first-order valence-corrected chi connectivity index (χ1v) is 5.71. The van der Waals surface area contributed by atoms with E-state index in [9.17, 15) is 4.79 Å². The molecule has 0 N–H and O–H groups in total. The van der Waals surface area contributed by atoms with Crippen LogP contribution in [0.15, 0.2) is 0 Å². The van der Waals surface area contributed by atoms with Gasteiger partial charge in [-0.15, -0.1) is 0 Å². The van der Waals surface area contributed by atoms with Gasteiger partial charge < -0.3 is 4.74 Å². The highest BCUT2D eigenvalue weighted by molar-refractivity contribution is 5.69. The average molecular weight is 200 g/mol. The van der Waals surface area contributed by atoms with Crippen LogP contribution in [0.4, 0.5) is 0 Å². The Hall–Kier alpha value is -0.530. The summed E-state index contributed by atoms with van der Waals surface area (Å²) in [5.41, 5.74) is 0. The third-order valence-corrected chi connectivity index (χ3v) is 2.30. The summed E-state index contributed by atoms with van der Waals surface area (Å²) in [7, 11) is 0. The Labute approximate surface area is 88.0 Å². The molecular weight excluding hydrogens is 176 g/mol. The van der Waals surface area contributed by atoms with Gasteiger partial charge in [0.15, 0.2) is 0 Å². The second-order valence-corrected chi connectivity index (χ2v) is 4.44. The van der Waals surface area contributed by atoms with Crippen LogP contribution in [-0.4, -0.2) is 12.6 Å². The SMILES string of the molecule is CCOC(=O)CC(C)CCCC(C)C. The lowest BCUT2D eigenvalue weighted by Gasteiger charge is -2.11. The summed E-state index contributed by atoms with van der Waals surface area (Å²) < 4.78 is 4.90. The molecular formula is C12H24O2. The van der Waals surface area contributed by atoms with Crippen molar-refractivity contribution < 1.29 is 9.53 Å². The van der Waals surface area contributed by atoms with Crippen LogP contribution in [0.2, 0.25) is 0 Å². The quantitative estimate of drug-likeness (QED) is 0.589. The highest BCUT2D eigenvalue weighted by atomic mass is 16.5. The first kappa shape index (κ1) is 13.5. The molecule has 0 aliphatic rings. The van der Waals surface area contributed by atoms with E-state index in [-0.39, 0.29) is 5.97 Å². The summed E-state index contributed by atoms with van der Waals surface area (Å²) in [6.45, 7) is 8.93. The standard InChI is InChI=1S/C12H24O2/c1-5-14-12(13)9-11(4)8-6-7-10(2)3/h10-11H,5-9H2,1-4H3. The zero-order valence-corrected chi connectivity index (χ0v) is 10.0. The summed E-state index contributed by atoms with van der Waals surface area (Å²) in [4.78, 5) is 11.1. The van der Waals surface area contributed by atoms with Gasteiger partial charge in [0.05, 0.1) is 6.61 Å². The fraction of sp³-hybridized carbons (Fsp3) is 0.917. The van der Waals surface area contributed by atoms with Gasteiger partial charge in [-0.05, 0) is 18.8 Å². The van der Waals surface area contributed by atoms with Crippen molar-refractivity contribution in [3.8, 4) is 0 Å². The first-order chi connectivity index (χ1) is 6.56. The zero-order chi connectivity index (χ0) is 11.0. The van der Waals surface area contributed by atoms with Crippen molar-refractivity contribution >= 4 is 5.97 Å². The van der Waals surface area contributed by atoms with Crippen LogP contribution in [-0.2, 0) is 9.53 Å². The Bertz CT molecular complexity index is 152. The number of rotatable bonds is 7. The lowest BCUT2D eigenvalue weighted by molar-refractivity contribution is -0.144. The van der Waals surface area contributed by atoms with Crippen LogP contribution < -0.4 is 0 Å². The molecule has 0 aliphatic carbocycles. The fourth-order valence-corrected chi connectivity index (χ4v) is 1.48. The second kappa shape index (κ2) is 7.84. The summed E-state index contributed by atoms with van der Waals surface area (Å²) >= 11 is 0. The molecule has 0 amide bonds. The third-order valence-electron chi connectivity index (χ3n) is 2.30. The summed E-state index contributed by atoms with van der Waals surface area (Å²) in [5, 5.41) is 0. The van der Waals surface area contributed by atoms with Crippen LogP contribution in [0.3, 0.4) is 0 Å². The maximum atomic E-state index is 11.1. The second-order valence-electron chi connectivity index (χ2n) is 4.44. The predicted molar refractivity (Wildman–Crippen MR) is 59.1 cm³/mol. The van der Waals surface area contributed by atoms with Crippen LogP contribution in [0.5, 0.6) is 0 Å². The van der Waals surface area contributed by atoms with Gasteiger partial charge in [-0.25, -0.2) is 0 Å². The number of carbonyl (C=O) groups is 1. The Morgan fingerprint density at radius 3 is 2.36 bits per heavy atom. The van der Waals surface area contributed by atoms with Crippen LogP contribution >= 0.6 is 0 Å². The molecule has 1 unspecified atom stereocenters. The predicted octanol–water partition coefficient (Wildman–Crippen LogP) is 3.40.